The van der Waals surface area contributed by atoms with Gasteiger partial charge in [-0.1, -0.05) is 23.7 Å². The molecule has 2 heterocycles. The van der Waals surface area contributed by atoms with Gasteiger partial charge in [-0.05, 0) is 42.0 Å². The van der Waals surface area contributed by atoms with E-state index in [1.807, 2.05) is 24.3 Å². The lowest BCUT2D eigenvalue weighted by molar-refractivity contribution is -0.134. The van der Waals surface area contributed by atoms with Crippen molar-refractivity contribution in [2.24, 2.45) is 0 Å². The van der Waals surface area contributed by atoms with Crippen molar-refractivity contribution in [2.75, 3.05) is 58.9 Å². The minimum absolute atomic E-state index is 0.0278. The highest BCUT2D eigenvalue weighted by atomic mass is 35.5. The zero-order chi connectivity index (χ0) is 23.4. The molecular formula is C23H28ClFN4O3S. The molecule has 0 aliphatic carbocycles. The van der Waals surface area contributed by atoms with Gasteiger partial charge in [0.1, 0.15) is 5.82 Å². The van der Waals surface area contributed by atoms with Crippen LogP contribution in [0.25, 0.3) is 0 Å². The van der Waals surface area contributed by atoms with E-state index in [1.54, 1.807) is 4.90 Å². The highest BCUT2D eigenvalue weighted by molar-refractivity contribution is 7.89. The lowest BCUT2D eigenvalue weighted by Gasteiger charge is -2.37. The van der Waals surface area contributed by atoms with E-state index in [0.29, 0.717) is 19.6 Å². The number of sulfonamides is 1. The lowest BCUT2D eigenvalue weighted by Crippen LogP contribution is -2.54. The van der Waals surface area contributed by atoms with Gasteiger partial charge in [0.15, 0.2) is 0 Å². The van der Waals surface area contributed by atoms with Crippen LogP contribution in [0.15, 0.2) is 53.4 Å². The van der Waals surface area contributed by atoms with Gasteiger partial charge in [-0.15, -0.1) is 0 Å². The van der Waals surface area contributed by atoms with Gasteiger partial charge in [0.05, 0.1) is 11.4 Å². The third-order valence-electron chi connectivity index (χ3n) is 6.19. The van der Waals surface area contributed by atoms with E-state index in [-0.39, 0.29) is 23.9 Å². The Morgan fingerprint density at radius 3 is 2.00 bits per heavy atom. The largest absolute Gasteiger partial charge is 0.339 e. The predicted octanol–water partition coefficient (Wildman–Crippen LogP) is 2.13. The van der Waals surface area contributed by atoms with E-state index in [2.05, 4.69) is 9.80 Å². The van der Waals surface area contributed by atoms with Gasteiger partial charge in [-0.3, -0.25) is 14.6 Å². The lowest BCUT2D eigenvalue weighted by atomic mass is 10.2. The van der Waals surface area contributed by atoms with Crippen molar-refractivity contribution in [1.29, 1.82) is 0 Å². The van der Waals surface area contributed by atoms with E-state index in [0.717, 1.165) is 49.9 Å². The molecule has 7 nitrogen and oxygen atoms in total. The number of rotatable bonds is 6. The van der Waals surface area contributed by atoms with Crippen LogP contribution in [0, 0.1) is 5.82 Å². The van der Waals surface area contributed by atoms with Gasteiger partial charge in [-0.25, -0.2) is 12.8 Å². The number of benzene rings is 2. The van der Waals surface area contributed by atoms with E-state index in [1.165, 1.54) is 22.0 Å². The summed E-state index contributed by atoms with van der Waals surface area (Å²) in [6, 6.07) is 12.7. The molecule has 1 amide bonds. The van der Waals surface area contributed by atoms with Crippen molar-refractivity contribution < 1.29 is 17.6 Å². The number of nitrogens with zero attached hydrogens (tertiary/aromatic N) is 4. The van der Waals surface area contributed by atoms with Crippen molar-refractivity contribution in [3.8, 4) is 0 Å². The molecule has 0 atom stereocenters. The Morgan fingerprint density at radius 2 is 1.39 bits per heavy atom. The van der Waals surface area contributed by atoms with Gasteiger partial charge in [-0.2, -0.15) is 4.31 Å². The highest BCUT2D eigenvalue weighted by Crippen LogP contribution is 2.18. The molecular weight excluding hydrogens is 467 g/mol. The third kappa shape index (κ3) is 6.10. The molecule has 0 unspecified atom stereocenters. The van der Waals surface area contributed by atoms with Gasteiger partial charge in [0.25, 0.3) is 0 Å². The molecule has 0 saturated carbocycles. The maximum absolute atomic E-state index is 13.1. The van der Waals surface area contributed by atoms with E-state index in [9.17, 15) is 17.6 Å². The molecule has 4 rings (SSSR count). The Morgan fingerprint density at radius 1 is 0.818 bits per heavy atom. The second-order valence-corrected chi connectivity index (χ2v) is 10.8. The van der Waals surface area contributed by atoms with Crippen LogP contribution in [-0.4, -0.2) is 92.2 Å². The average molecular weight is 495 g/mol. The number of halogens is 2. The van der Waals surface area contributed by atoms with Crippen molar-refractivity contribution >= 4 is 27.5 Å². The van der Waals surface area contributed by atoms with Crippen LogP contribution in [0.3, 0.4) is 0 Å². The second-order valence-electron chi connectivity index (χ2n) is 8.42. The molecule has 2 aliphatic heterocycles. The van der Waals surface area contributed by atoms with Crippen molar-refractivity contribution in [1.82, 2.24) is 19.0 Å². The number of carbonyl (C=O) groups excluding carboxylic acids is 1. The maximum atomic E-state index is 13.1. The first-order valence-electron chi connectivity index (χ1n) is 11.0. The molecule has 0 bridgehead atoms. The molecule has 2 aromatic carbocycles. The minimum Gasteiger partial charge on any atom is -0.339 e. The fourth-order valence-corrected chi connectivity index (χ4v) is 5.73. The number of hydrogen-bond acceptors (Lipinski definition) is 5. The summed E-state index contributed by atoms with van der Waals surface area (Å²) in [5, 5.41) is 0.732. The Bertz CT molecular complexity index is 1050. The van der Waals surface area contributed by atoms with E-state index in [4.69, 9.17) is 11.6 Å². The summed E-state index contributed by atoms with van der Waals surface area (Å²) in [5.41, 5.74) is 1.22. The Labute approximate surface area is 199 Å². The minimum atomic E-state index is -3.68. The standard InChI is InChI=1S/C23H28ClFN4O3S/c24-20-3-1-19(2-4-20)17-26-9-11-27(12-10-26)18-23(30)28-13-15-29(16-14-28)33(31,32)22-7-5-21(25)6-8-22/h1-8H,9-18H2. The first-order chi connectivity index (χ1) is 15.8. The van der Waals surface area contributed by atoms with Gasteiger partial charge in [0, 0.05) is 63.9 Å². The SMILES string of the molecule is O=C(CN1CCN(Cc2ccc(Cl)cc2)CC1)N1CCN(S(=O)(=O)c2ccc(F)cc2)CC1. The first-order valence-corrected chi connectivity index (χ1v) is 12.9. The normalized spacial score (nSPS) is 19.0. The summed E-state index contributed by atoms with van der Waals surface area (Å²) < 4.78 is 40.0. The summed E-state index contributed by atoms with van der Waals surface area (Å²) in [4.78, 5) is 19.1. The Balaban J connectivity index is 1.22. The monoisotopic (exact) mass is 494 g/mol. The number of hydrogen-bond donors (Lipinski definition) is 0. The predicted molar refractivity (Wildman–Crippen MR) is 125 cm³/mol. The topological polar surface area (TPSA) is 64.2 Å². The molecule has 2 aliphatic rings. The van der Waals surface area contributed by atoms with Gasteiger partial charge in [0.2, 0.25) is 15.9 Å². The zero-order valence-corrected chi connectivity index (χ0v) is 19.9. The molecule has 0 aromatic heterocycles. The highest BCUT2D eigenvalue weighted by Gasteiger charge is 2.31. The quantitative estimate of drug-likeness (QED) is 0.615. The number of amides is 1. The van der Waals surface area contributed by atoms with Crippen LogP contribution in [0.2, 0.25) is 5.02 Å². The van der Waals surface area contributed by atoms with Crippen LogP contribution < -0.4 is 0 Å². The molecule has 0 spiro atoms. The molecule has 0 N–H and O–H groups in total. The first kappa shape index (κ1) is 24.1. The van der Waals surface area contributed by atoms with Crippen LogP contribution in [0.5, 0.6) is 0 Å². The smallest absolute Gasteiger partial charge is 0.243 e. The molecule has 178 valence electrons. The molecule has 2 saturated heterocycles. The summed E-state index contributed by atoms with van der Waals surface area (Å²) in [6.45, 7) is 5.81. The zero-order valence-electron chi connectivity index (χ0n) is 18.4. The maximum Gasteiger partial charge on any atom is 0.243 e. The van der Waals surface area contributed by atoms with Crippen LogP contribution in [0.4, 0.5) is 4.39 Å². The average Bonchev–Trinajstić information content (AvgIpc) is 2.82. The molecule has 0 radical (unpaired) electrons. The fraction of sp³-hybridized carbons (Fsp3) is 0.435. The van der Waals surface area contributed by atoms with E-state index < -0.39 is 15.8 Å². The van der Waals surface area contributed by atoms with E-state index >= 15 is 0 Å². The molecule has 10 heteroatoms. The van der Waals surface area contributed by atoms with Gasteiger partial charge < -0.3 is 4.90 Å². The Hall–Kier alpha value is -2.04. The second kappa shape index (κ2) is 10.5. The van der Waals surface area contributed by atoms with Crippen LogP contribution in [-0.2, 0) is 21.4 Å². The molecule has 2 fully saturated rings. The van der Waals surface area contributed by atoms with Crippen molar-refractivity contribution in [2.45, 2.75) is 11.4 Å². The molecule has 2 aromatic rings. The Kier molecular flexibility index (Phi) is 7.65. The summed E-state index contributed by atoms with van der Waals surface area (Å²) in [7, 11) is -3.68. The van der Waals surface area contributed by atoms with Crippen molar-refractivity contribution in [3.63, 3.8) is 0 Å². The van der Waals surface area contributed by atoms with Crippen molar-refractivity contribution in [3.05, 3.63) is 64.9 Å². The third-order valence-corrected chi connectivity index (χ3v) is 8.35. The van der Waals surface area contributed by atoms with Crippen LogP contribution in [0.1, 0.15) is 5.56 Å². The van der Waals surface area contributed by atoms with Crippen LogP contribution >= 0.6 is 11.6 Å². The summed E-state index contributed by atoms with van der Waals surface area (Å²) in [5.74, 6) is -0.449. The summed E-state index contributed by atoms with van der Waals surface area (Å²) in [6.07, 6.45) is 0. The van der Waals surface area contributed by atoms with Gasteiger partial charge >= 0.3 is 0 Å². The fourth-order valence-electron chi connectivity index (χ4n) is 4.18. The molecule has 33 heavy (non-hydrogen) atoms. The number of piperazine rings is 2. The number of carbonyl (C=O) groups is 1. The summed E-state index contributed by atoms with van der Waals surface area (Å²) >= 11 is 5.95.